The normalized spacial score (nSPS) is 36.8. The van der Waals surface area contributed by atoms with E-state index in [4.69, 9.17) is 5.73 Å². The summed E-state index contributed by atoms with van der Waals surface area (Å²) in [7, 11) is 0. The molecule has 0 bridgehead atoms. The van der Waals surface area contributed by atoms with Gasteiger partial charge in [-0.15, -0.1) is 0 Å². The van der Waals surface area contributed by atoms with E-state index in [1.165, 1.54) is 25.8 Å². The summed E-state index contributed by atoms with van der Waals surface area (Å²) in [4.78, 5) is 2.58. The summed E-state index contributed by atoms with van der Waals surface area (Å²) in [6.07, 6.45) is 4.09. The standard InChI is InChI=1S/C10H20N2/c1-10(2)5-6-12(7-9(10)11)8-3-4-8/h8-9H,3-7,11H2,1-2H3. The van der Waals surface area contributed by atoms with Crippen molar-refractivity contribution in [2.75, 3.05) is 13.1 Å². The van der Waals surface area contributed by atoms with Gasteiger partial charge in [-0.1, -0.05) is 13.8 Å². The molecule has 1 aliphatic heterocycles. The Bertz CT molecular complexity index is 173. The zero-order chi connectivity index (χ0) is 8.77. The minimum Gasteiger partial charge on any atom is -0.326 e. The van der Waals surface area contributed by atoms with Gasteiger partial charge in [0, 0.05) is 18.6 Å². The van der Waals surface area contributed by atoms with Crippen molar-refractivity contribution in [2.45, 2.75) is 45.2 Å². The Hall–Kier alpha value is -0.0800. The van der Waals surface area contributed by atoms with Crippen molar-refractivity contribution < 1.29 is 0 Å². The van der Waals surface area contributed by atoms with Gasteiger partial charge in [0.25, 0.3) is 0 Å². The molecule has 70 valence electrons. The van der Waals surface area contributed by atoms with Gasteiger partial charge in [0.2, 0.25) is 0 Å². The summed E-state index contributed by atoms with van der Waals surface area (Å²) in [6, 6.07) is 1.28. The van der Waals surface area contributed by atoms with Crippen molar-refractivity contribution in [1.82, 2.24) is 4.90 Å². The zero-order valence-corrected chi connectivity index (χ0v) is 8.21. The predicted octanol–water partition coefficient (Wildman–Crippen LogP) is 1.21. The molecule has 2 heteroatoms. The molecule has 0 radical (unpaired) electrons. The van der Waals surface area contributed by atoms with Gasteiger partial charge in [-0.05, 0) is 31.2 Å². The van der Waals surface area contributed by atoms with Crippen LogP contribution in [0.25, 0.3) is 0 Å². The summed E-state index contributed by atoms with van der Waals surface area (Å²) in [5.41, 5.74) is 6.49. The summed E-state index contributed by atoms with van der Waals surface area (Å²) < 4.78 is 0. The van der Waals surface area contributed by atoms with Crippen LogP contribution < -0.4 is 5.73 Å². The van der Waals surface area contributed by atoms with Crippen LogP contribution in [0.15, 0.2) is 0 Å². The number of hydrogen-bond donors (Lipinski definition) is 1. The van der Waals surface area contributed by atoms with Crippen LogP contribution in [0.5, 0.6) is 0 Å². The molecule has 1 heterocycles. The molecule has 2 fully saturated rings. The van der Waals surface area contributed by atoms with Gasteiger partial charge in [-0.3, -0.25) is 4.90 Å². The van der Waals surface area contributed by atoms with Gasteiger partial charge in [0.05, 0.1) is 0 Å². The topological polar surface area (TPSA) is 29.3 Å². The molecule has 0 aromatic rings. The number of likely N-dealkylation sites (tertiary alicyclic amines) is 1. The first-order valence-corrected chi connectivity index (χ1v) is 5.09. The summed E-state index contributed by atoms with van der Waals surface area (Å²) in [5, 5.41) is 0. The Morgan fingerprint density at radius 1 is 1.33 bits per heavy atom. The van der Waals surface area contributed by atoms with Crippen molar-refractivity contribution in [1.29, 1.82) is 0 Å². The molecule has 1 saturated carbocycles. The first kappa shape index (κ1) is 8.52. The van der Waals surface area contributed by atoms with Crippen LogP contribution in [0.1, 0.15) is 33.1 Å². The smallest absolute Gasteiger partial charge is 0.0220 e. The second-order valence-corrected chi connectivity index (χ2v) is 5.07. The molecule has 0 aromatic heterocycles. The minimum absolute atomic E-state index is 0.366. The number of rotatable bonds is 1. The van der Waals surface area contributed by atoms with Gasteiger partial charge < -0.3 is 5.73 Å². The molecule has 2 aliphatic rings. The average molecular weight is 168 g/mol. The Kier molecular flexibility index (Phi) is 1.92. The maximum Gasteiger partial charge on any atom is 0.0220 e. The number of piperidine rings is 1. The van der Waals surface area contributed by atoms with Crippen LogP contribution in [0, 0.1) is 5.41 Å². The quantitative estimate of drug-likeness (QED) is 0.637. The third kappa shape index (κ3) is 1.50. The molecule has 1 unspecified atom stereocenters. The van der Waals surface area contributed by atoms with Crippen molar-refractivity contribution in [2.24, 2.45) is 11.1 Å². The summed E-state index contributed by atoms with van der Waals surface area (Å²) >= 11 is 0. The molecule has 0 spiro atoms. The molecule has 12 heavy (non-hydrogen) atoms. The Balaban J connectivity index is 1.93. The maximum absolute atomic E-state index is 6.13. The minimum atomic E-state index is 0.366. The number of nitrogens with two attached hydrogens (primary N) is 1. The molecule has 2 rings (SSSR count). The van der Waals surface area contributed by atoms with E-state index in [0.717, 1.165) is 12.6 Å². The van der Waals surface area contributed by atoms with E-state index in [0.29, 0.717) is 11.5 Å². The fourth-order valence-corrected chi connectivity index (χ4v) is 1.98. The van der Waals surface area contributed by atoms with E-state index in [2.05, 4.69) is 18.7 Å². The lowest BCUT2D eigenvalue weighted by molar-refractivity contribution is 0.100. The maximum atomic E-state index is 6.13. The molecular weight excluding hydrogens is 148 g/mol. The molecule has 0 aromatic carbocycles. The highest BCUT2D eigenvalue weighted by molar-refractivity contribution is 4.95. The largest absolute Gasteiger partial charge is 0.326 e. The lowest BCUT2D eigenvalue weighted by Crippen LogP contribution is -2.53. The molecular formula is C10H20N2. The van der Waals surface area contributed by atoms with E-state index in [-0.39, 0.29) is 0 Å². The predicted molar refractivity (Wildman–Crippen MR) is 51.0 cm³/mol. The van der Waals surface area contributed by atoms with Crippen molar-refractivity contribution in [3.63, 3.8) is 0 Å². The van der Waals surface area contributed by atoms with E-state index in [1.54, 1.807) is 0 Å². The lowest BCUT2D eigenvalue weighted by Gasteiger charge is -2.42. The number of hydrogen-bond acceptors (Lipinski definition) is 2. The van der Waals surface area contributed by atoms with E-state index in [1.807, 2.05) is 0 Å². The van der Waals surface area contributed by atoms with Crippen LogP contribution in [0.4, 0.5) is 0 Å². The second-order valence-electron chi connectivity index (χ2n) is 5.07. The fraction of sp³-hybridized carbons (Fsp3) is 1.00. The van der Waals surface area contributed by atoms with E-state index >= 15 is 0 Å². The molecule has 1 saturated heterocycles. The Labute approximate surface area is 75.1 Å². The van der Waals surface area contributed by atoms with Crippen LogP contribution in [-0.4, -0.2) is 30.1 Å². The highest BCUT2D eigenvalue weighted by Crippen LogP contribution is 2.35. The second kappa shape index (κ2) is 2.71. The highest BCUT2D eigenvalue weighted by atomic mass is 15.2. The highest BCUT2D eigenvalue weighted by Gasteiger charge is 2.38. The average Bonchev–Trinajstić information content (AvgIpc) is 2.77. The fourth-order valence-electron chi connectivity index (χ4n) is 1.98. The Morgan fingerprint density at radius 3 is 2.50 bits per heavy atom. The van der Waals surface area contributed by atoms with Crippen LogP contribution in [0.2, 0.25) is 0 Å². The van der Waals surface area contributed by atoms with Gasteiger partial charge in [0.15, 0.2) is 0 Å². The summed E-state index contributed by atoms with van der Waals surface area (Å²) in [6.45, 7) is 6.98. The third-order valence-corrected chi connectivity index (χ3v) is 3.54. The van der Waals surface area contributed by atoms with Crippen molar-refractivity contribution in [3.8, 4) is 0 Å². The number of nitrogens with zero attached hydrogens (tertiary/aromatic N) is 1. The van der Waals surface area contributed by atoms with Gasteiger partial charge in [-0.25, -0.2) is 0 Å². The van der Waals surface area contributed by atoms with E-state index < -0.39 is 0 Å². The molecule has 2 nitrogen and oxygen atoms in total. The molecule has 1 atom stereocenters. The molecule has 0 amide bonds. The molecule has 2 N–H and O–H groups in total. The third-order valence-electron chi connectivity index (χ3n) is 3.54. The van der Waals surface area contributed by atoms with Crippen LogP contribution in [0.3, 0.4) is 0 Å². The van der Waals surface area contributed by atoms with Gasteiger partial charge >= 0.3 is 0 Å². The zero-order valence-electron chi connectivity index (χ0n) is 8.21. The first-order valence-electron chi connectivity index (χ1n) is 5.09. The van der Waals surface area contributed by atoms with Gasteiger partial charge in [-0.2, -0.15) is 0 Å². The summed E-state index contributed by atoms with van der Waals surface area (Å²) in [5.74, 6) is 0. The SMILES string of the molecule is CC1(C)CCN(C2CC2)CC1N. The monoisotopic (exact) mass is 168 g/mol. The molecule has 1 aliphatic carbocycles. The van der Waals surface area contributed by atoms with E-state index in [9.17, 15) is 0 Å². The van der Waals surface area contributed by atoms with Crippen LogP contribution >= 0.6 is 0 Å². The van der Waals surface area contributed by atoms with Gasteiger partial charge in [0.1, 0.15) is 0 Å². The first-order chi connectivity index (χ1) is 5.59. The van der Waals surface area contributed by atoms with Crippen molar-refractivity contribution in [3.05, 3.63) is 0 Å². The van der Waals surface area contributed by atoms with Crippen molar-refractivity contribution >= 4 is 0 Å². The Morgan fingerprint density at radius 2 is 2.00 bits per heavy atom. The van der Waals surface area contributed by atoms with Crippen LogP contribution in [-0.2, 0) is 0 Å². The lowest BCUT2D eigenvalue weighted by atomic mass is 9.78.